The third kappa shape index (κ3) is 3.29. The van der Waals surface area contributed by atoms with Gasteiger partial charge >= 0.3 is 0 Å². The van der Waals surface area contributed by atoms with Gasteiger partial charge in [-0.1, -0.05) is 6.07 Å². The molecule has 2 aliphatic heterocycles. The number of hydrogen-bond donors (Lipinski definition) is 1. The number of nitrogens with zero attached hydrogens (tertiary/aromatic N) is 1. The van der Waals surface area contributed by atoms with E-state index in [4.69, 9.17) is 0 Å². The van der Waals surface area contributed by atoms with E-state index in [1.54, 1.807) is 12.1 Å². The molecule has 1 aromatic rings. The summed E-state index contributed by atoms with van der Waals surface area (Å²) in [5.74, 6) is -0.0655. The number of amides is 1. The lowest BCUT2D eigenvalue weighted by molar-refractivity contribution is 0.0775. The summed E-state index contributed by atoms with van der Waals surface area (Å²) in [6.45, 7) is 3.51. The Morgan fingerprint density at radius 1 is 1.32 bits per heavy atom. The van der Waals surface area contributed by atoms with E-state index in [9.17, 15) is 13.2 Å². The highest BCUT2D eigenvalue weighted by Gasteiger charge is 2.41. The molecule has 2 fully saturated rings. The smallest absolute Gasteiger partial charge is 0.253 e. The molecule has 2 aliphatic rings. The fourth-order valence-electron chi connectivity index (χ4n) is 3.29. The number of hydrogen-bond acceptors (Lipinski definition) is 4. The van der Waals surface area contributed by atoms with Crippen molar-refractivity contribution < 1.29 is 13.2 Å². The number of halogens is 1. The van der Waals surface area contributed by atoms with E-state index in [-0.39, 0.29) is 28.6 Å². The Balaban J connectivity index is 0.00000176. The summed E-state index contributed by atoms with van der Waals surface area (Å²) in [7, 11) is -3.29. The largest absolute Gasteiger partial charge is 0.338 e. The van der Waals surface area contributed by atoms with Gasteiger partial charge in [-0.15, -0.1) is 12.4 Å². The Kier molecular flexibility index (Phi) is 4.84. The maximum atomic E-state index is 12.6. The van der Waals surface area contributed by atoms with Crippen LogP contribution in [0.4, 0.5) is 0 Å². The summed E-state index contributed by atoms with van der Waals surface area (Å²) < 4.78 is 23.2. The molecule has 1 unspecified atom stereocenters. The fourth-order valence-corrected chi connectivity index (χ4v) is 3.96. The van der Waals surface area contributed by atoms with Crippen molar-refractivity contribution in [2.75, 3.05) is 32.4 Å². The van der Waals surface area contributed by atoms with Gasteiger partial charge in [0.1, 0.15) is 0 Å². The number of carbonyl (C=O) groups excluding carboxylic acids is 1. The number of carbonyl (C=O) groups is 1. The molecule has 5 nitrogen and oxygen atoms in total. The first-order valence-corrected chi connectivity index (χ1v) is 9.09. The van der Waals surface area contributed by atoms with Crippen LogP contribution in [0.25, 0.3) is 0 Å². The van der Waals surface area contributed by atoms with Gasteiger partial charge in [-0.05, 0) is 37.6 Å². The molecule has 1 aromatic carbocycles. The molecule has 122 valence electrons. The minimum absolute atomic E-state index is 0. The van der Waals surface area contributed by atoms with Gasteiger partial charge in [-0.2, -0.15) is 0 Å². The van der Waals surface area contributed by atoms with Gasteiger partial charge in [-0.25, -0.2) is 8.42 Å². The van der Waals surface area contributed by atoms with E-state index >= 15 is 0 Å². The van der Waals surface area contributed by atoms with Gasteiger partial charge in [0.05, 0.1) is 4.90 Å². The standard InChI is InChI=1S/C15H20N2O3S.ClH/c1-21(19,20)13-4-2-3-12(9-13)14(18)17-8-6-15(11-17)5-7-16-10-15;/h2-4,9,16H,5-8,10-11H2,1H3;1H. The molecular formula is C15H21ClN2O3S. The normalized spacial score (nSPS) is 24.5. The van der Waals surface area contributed by atoms with E-state index in [2.05, 4.69) is 5.32 Å². The second-order valence-corrected chi connectivity index (χ2v) is 8.22. The number of likely N-dealkylation sites (tertiary alicyclic amines) is 1. The molecule has 1 amide bonds. The van der Waals surface area contributed by atoms with Gasteiger partial charge in [0, 0.05) is 36.9 Å². The van der Waals surface area contributed by atoms with Crippen LogP contribution < -0.4 is 5.32 Å². The second kappa shape index (κ2) is 6.18. The number of sulfone groups is 1. The Hall–Kier alpha value is -1.11. The first-order valence-electron chi connectivity index (χ1n) is 7.20. The molecular weight excluding hydrogens is 324 g/mol. The molecule has 0 aliphatic carbocycles. The van der Waals surface area contributed by atoms with Gasteiger partial charge in [0.25, 0.3) is 5.91 Å². The predicted molar refractivity (Wildman–Crippen MR) is 87.2 cm³/mol. The van der Waals surface area contributed by atoms with Crippen LogP contribution in [0.15, 0.2) is 29.2 Å². The molecule has 2 saturated heterocycles. The molecule has 7 heteroatoms. The minimum Gasteiger partial charge on any atom is -0.338 e. The summed E-state index contributed by atoms with van der Waals surface area (Å²) in [4.78, 5) is 14.6. The molecule has 1 spiro atoms. The number of nitrogens with one attached hydrogen (secondary N) is 1. The summed E-state index contributed by atoms with van der Waals surface area (Å²) in [5, 5.41) is 3.37. The SMILES string of the molecule is CS(=O)(=O)c1cccc(C(=O)N2CCC3(CCNC3)C2)c1.Cl. The Morgan fingerprint density at radius 3 is 2.73 bits per heavy atom. The summed E-state index contributed by atoms with van der Waals surface area (Å²) >= 11 is 0. The van der Waals surface area contributed by atoms with Crippen LogP contribution in [0, 0.1) is 5.41 Å². The average molecular weight is 345 g/mol. The Morgan fingerprint density at radius 2 is 2.09 bits per heavy atom. The molecule has 22 heavy (non-hydrogen) atoms. The van der Waals surface area contributed by atoms with E-state index in [1.807, 2.05) is 4.90 Å². The molecule has 0 bridgehead atoms. The summed E-state index contributed by atoms with van der Waals surface area (Å²) in [6, 6.07) is 6.33. The Labute approximate surface area is 137 Å². The molecule has 2 heterocycles. The summed E-state index contributed by atoms with van der Waals surface area (Å²) in [5.41, 5.74) is 0.685. The van der Waals surface area contributed by atoms with E-state index in [0.29, 0.717) is 5.56 Å². The lowest BCUT2D eigenvalue weighted by Gasteiger charge is -2.22. The maximum Gasteiger partial charge on any atom is 0.253 e. The van der Waals surface area contributed by atoms with Crippen molar-refractivity contribution in [2.45, 2.75) is 17.7 Å². The molecule has 1 atom stereocenters. The predicted octanol–water partition coefficient (Wildman–Crippen LogP) is 1.34. The van der Waals surface area contributed by atoms with Crippen LogP contribution in [0.5, 0.6) is 0 Å². The van der Waals surface area contributed by atoms with E-state index in [1.165, 1.54) is 12.1 Å². The van der Waals surface area contributed by atoms with Gasteiger partial charge < -0.3 is 10.2 Å². The van der Waals surface area contributed by atoms with Gasteiger partial charge in [-0.3, -0.25) is 4.79 Å². The highest BCUT2D eigenvalue weighted by atomic mass is 35.5. The van der Waals surface area contributed by atoms with Crippen molar-refractivity contribution in [1.82, 2.24) is 10.2 Å². The van der Waals surface area contributed by atoms with Gasteiger partial charge in [0.2, 0.25) is 0 Å². The third-order valence-electron chi connectivity index (χ3n) is 4.57. The minimum atomic E-state index is -3.29. The first kappa shape index (κ1) is 17.2. The zero-order chi connectivity index (χ0) is 15.1. The number of benzene rings is 1. The van der Waals surface area contributed by atoms with Crippen molar-refractivity contribution in [1.29, 1.82) is 0 Å². The quantitative estimate of drug-likeness (QED) is 0.879. The number of rotatable bonds is 2. The third-order valence-corrected chi connectivity index (χ3v) is 5.68. The zero-order valence-corrected chi connectivity index (χ0v) is 14.2. The highest BCUT2D eigenvalue weighted by Crippen LogP contribution is 2.36. The molecule has 1 N–H and O–H groups in total. The van der Waals surface area contributed by atoms with Crippen molar-refractivity contribution >= 4 is 28.2 Å². The second-order valence-electron chi connectivity index (χ2n) is 6.20. The van der Waals surface area contributed by atoms with Crippen LogP contribution in [0.2, 0.25) is 0 Å². The topological polar surface area (TPSA) is 66.5 Å². The van der Waals surface area contributed by atoms with Crippen LogP contribution in [-0.4, -0.2) is 51.7 Å². The van der Waals surface area contributed by atoms with Crippen molar-refractivity contribution in [3.8, 4) is 0 Å². The molecule has 0 aromatic heterocycles. The molecule has 0 radical (unpaired) electrons. The lowest BCUT2D eigenvalue weighted by Crippen LogP contribution is -2.33. The van der Waals surface area contributed by atoms with Crippen molar-refractivity contribution in [3.63, 3.8) is 0 Å². The summed E-state index contributed by atoms with van der Waals surface area (Å²) in [6.07, 6.45) is 3.29. The highest BCUT2D eigenvalue weighted by molar-refractivity contribution is 7.90. The van der Waals surface area contributed by atoms with Gasteiger partial charge in [0.15, 0.2) is 9.84 Å². The monoisotopic (exact) mass is 344 g/mol. The fraction of sp³-hybridized carbons (Fsp3) is 0.533. The Bertz CT molecular complexity index is 669. The zero-order valence-electron chi connectivity index (χ0n) is 12.5. The maximum absolute atomic E-state index is 12.6. The van der Waals surface area contributed by atoms with Crippen molar-refractivity contribution in [3.05, 3.63) is 29.8 Å². The van der Waals surface area contributed by atoms with Crippen LogP contribution in [0.3, 0.4) is 0 Å². The first-order chi connectivity index (χ1) is 9.90. The van der Waals surface area contributed by atoms with Crippen LogP contribution in [-0.2, 0) is 9.84 Å². The van der Waals surface area contributed by atoms with Crippen LogP contribution in [0.1, 0.15) is 23.2 Å². The molecule has 3 rings (SSSR count). The van der Waals surface area contributed by atoms with Crippen LogP contribution >= 0.6 is 12.4 Å². The van der Waals surface area contributed by atoms with E-state index < -0.39 is 9.84 Å². The van der Waals surface area contributed by atoms with E-state index in [0.717, 1.165) is 45.3 Å². The average Bonchev–Trinajstić information content (AvgIpc) is 3.08. The lowest BCUT2D eigenvalue weighted by atomic mass is 9.86. The van der Waals surface area contributed by atoms with Crippen molar-refractivity contribution in [2.24, 2.45) is 5.41 Å². The molecule has 0 saturated carbocycles.